The van der Waals surface area contributed by atoms with Crippen molar-refractivity contribution in [2.24, 2.45) is 17.6 Å². The summed E-state index contributed by atoms with van der Waals surface area (Å²) in [7, 11) is 0. The highest BCUT2D eigenvalue weighted by Gasteiger charge is 2.13. The summed E-state index contributed by atoms with van der Waals surface area (Å²) in [6, 6.07) is 11.0. The molecular weight excluding hydrogens is 623 g/mol. The first-order valence-electron chi connectivity index (χ1n) is 14.2. The summed E-state index contributed by atoms with van der Waals surface area (Å²) < 4.78 is 0.857. The molecule has 2 aromatic carbocycles. The fourth-order valence-electron chi connectivity index (χ4n) is 4.04. The minimum atomic E-state index is -0.0245. The number of rotatable bonds is 8. The summed E-state index contributed by atoms with van der Waals surface area (Å²) in [5.74, 6) is 1.17. The maximum atomic E-state index is 12.2. The van der Waals surface area contributed by atoms with Crippen molar-refractivity contribution in [3.63, 3.8) is 0 Å². The number of aromatic nitrogens is 2. The van der Waals surface area contributed by atoms with E-state index < -0.39 is 0 Å². The van der Waals surface area contributed by atoms with Gasteiger partial charge in [-0.3, -0.25) is 9.59 Å². The van der Waals surface area contributed by atoms with Gasteiger partial charge in [-0.1, -0.05) is 77.6 Å². The van der Waals surface area contributed by atoms with Crippen LogP contribution in [0.25, 0.3) is 21.8 Å². The molecule has 0 unspecified atom stereocenters. The molecule has 6 nitrogen and oxygen atoms in total. The van der Waals surface area contributed by atoms with Crippen molar-refractivity contribution in [2.45, 2.75) is 67.2 Å². The molecule has 2 aromatic heterocycles. The van der Waals surface area contributed by atoms with Crippen LogP contribution in [0.3, 0.4) is 0 Å². The Labute approximate surface area is 261 Å². The van der Waals surface area contributed by atoms with E-state index >= 15 is 0 Å². The van der Waals surface area contributed by atoms with E-state index in [1.807, 2.05) is 31.2 Å². The third-order valence-electron chi connectivity index (χ3n) is 6.24. The van der Waals surface area contributed by atoms with Gasteiger partial charge in [-0.15, -0.1) is 0 Å². The van der Waals surface area contributed by atoms with Gasteiger partial charge in [0.2, 0.25) is 0 Å². The van der Waals surface area contributed by atoms with E-state index in [-0.39, 0.29) is 11.1 Å². The Morgan fingerprint density at radius 2 is 1.27 bits per heavy atom. The number of hydrogen-bond donors (Lipinski definition) is 4. The fourth-order valence-corrected chi connectivity index (χ4v) is 5.09. The normalized spacial score (nSPS) is 10.9. The molecule has 0 spiro atoms. The minimum absolute atomic E-state index is 0.00655. The van der Waals surface area contributed by atoms with Crippen LogP contribution in [0.2, 0.25) is 10.0 Å². The molecule has 41 heavy (non-hydrogen) atoms. The maximum absolute atomic E-state index is 12.2. The third-order valence-corrected chi connectivity index (χ3v) is 7.61. The number of halogens is 3. The number of benzene rings is 2. The molecule has 0 saturated heterocycles. The second kappa shape index (κ2) is 17.0. The van der Waals surface area contributed by atoms with Crippen LogP contribution >= 0.6 is 39.1 Å². The summed E-state index contributed by atoms with van der Waals surface area (Å²) >= 11 is 15.5. The van der Waals surface area contributed by atoms with E-state index in [1.54, 1.807) is 12.1 Å². The number of pyridine rings is 2. The van der Waals surface area contributed by atoms with E-state index in [0.717, 1.165) is 81.9 Å². The predicted molar refractivity (Wildman–Crippen MR) is 182 cm³/mol. The Kier molecular flexibility index (Phi) is 14.4. The predicted octanol–water partition coefficient (Wildman–Crippen LogP) is 8.70. The topological polar surface area (TPSA) is 104 Å². The Balaban J connectivity index is 0.000000251. The first-order valence-corrected chi connectivity index (χ1v) is 15.8. The van der Waals surface area contributed by atoms with Gasteiger partial charge in [0.25, 0.3) is 11.1 Å². The standard InChI is InChI=1S/C16H21ClN2O.C12H11BrClNO.C4H11N/c1-4-5-12-15(18-9-10(2)3)13-8-11(17)6-7-14(13)19-16(12)20;1-2-3-8-11(13)9-6-7(14)4-5-10(9)15-12(8)16;1-4(2)3-5/h6-8,10H,4-5,9H2,1-3H3,(H2,18,19,20);4-6H,2-3H2,1H3,(H,15,16);4H,3,5H2,1-2H3. The van der Waals surface area contributed by atoms with Gasteiger partial charge in [0, 0.05) is 48.5 Å². The van der Waals surface area contributed by atoms with Gasteiger partial charge in [-0.05, 0) is 83.6 Å². The lowest BCUT2D eigenvalue weighted by molar-refractivity contribution is 0.664. The summed E-state index contributed by atoms with van der Waals surface area (Å²) in [5, 5.41) is 6.72. The first-order chi connectivity index (χ1) is 19.4. The van der Waals surface area contributed by atoms with Crippen molar-refractivity contribution in [3.05, 3.63) is 82.8 Å². The lowest BCUT2D eigenvalue weighted by atomic mass is 10.0. The van der Waals surface area contributed by atoms with Crippen LogP contribution in [0, 0.1) is 11.8 Å². The molecule has 5 N–H and O–H groups in total. The zero-order valence-electron chi connectivity index (χ0n) is 24.9. The molecule has 0 atom stereocenters. The number of aromatic amines is 2. The van der Waals surface area contributed by atoms with Crippen LogP contribution in [-0.2, 0) is 12.8 Å². The van der Waals surface area contributed by atoms with Crippen LogP contribution < -0.4 is 22.2 Å². The monoisotopic (exact) mass is 664 g/mol. The molecule has 2 heterocycles. The second-order valence-corrected chi connectivity index (χ2v) is 12.5. The lowest BCUT2D eigenvalue weighted by Gasteiger charge is -2.16. The highest BCUT2D eigenvalue weighted by molar-refractivity contribution is 9.10. The number of H-pyrrole nitrogens is 2. The molecule has 0 aliphatic heterocycles. The Bertz CT molecular complexity index is 1550. The number of fused-ring (bicyclic) bond motifs is 2. The zero-order valence-corrected chi connectivity index (χ0v) is 28.0. The van der Waals surface area contributed by atoms with E-state index in [9.17, 15) is 9.59 Å². The van der Waals surface area contributed by atoms with Gasteiger partial charge in [0.15, 0.2) is 0 Å². The van der Waals surface area contributed by atoms with Crippen molar-refractivity contribution in [1.29, 1.82) is 0 Å². The Morgan fingerprint density at radius 3 is 1.76 bits per heavy atom. The van der Waals surface area contributed by atoms with Crippen LogP contribution in [0.15, 0.2) is 50.5 Å². The Hall–Kier alpha value is -2.32. The van der Waals surface area contributed by atoms with Gasteiger partial charge < -0.3 is 21.0 Å². The molecule has 9 heteroatoms. The lowest BCUT2D eigenvalue weighted by Crippen LogP contribution is -2.18. The molecule has 0 saturated carbocycles. The smallest absolute Gasteiger partial charge is 0.253 e. The highest BCUT2D eigenvalue weighted by atomic mass is 79.9. The SMILES string of the molecule is CC(C)CN.CCCc1c(Br)c2cc(Cl)ccc2[nH]c1=O.CCCc1c(NCC(C)C)c2cc(Cl)ccc2[nH]c1=O. The van der Waals surface area contributed by atoms with Crippen LogP contribution in [0.5, 0.6) is 0 Å². The van der Waals surface area contributed by atoms with Gasteiger partial charge in [-0.25, -0.2) is 0 Å². The van der Waals surface area contributed by atoms with Gasteiger partial charge in [-0.2, -0.15) is 0 Å². The zero-order chi connectivity index (χ0) is 30.7. The van der Waals surface area contributed by atoms with Gasteiger partial charge in [0.1, 0.15) is 0 Å². The summed E-state index contributed by atoms with van der Waals surface area (Å²) in [6.45, 7) is 14.3. The van der Waals surface area contributed by atoms with Crippen LogP contribution in [0.1, 0.15) is 65.5 Å². The molecule has 0 bridgehead atoms. The van der Waals surface area contributed by atoms with Crippen molar-refractivity contribution in [1.82, 2.24) is 9.97 Å². The minimum Gasteiger partial charge on any atom is -0.384 e. The molecule has 0 aliphatic rings. The molecule has 0 amide bonds. The van der Waals surface area contributed by atoms with E-state index in [2.05, 4.69) is 65.8 Å². The average Bonchev–Trinajstić information content (AvgIpc) is 2.92. The average molecular weight is 667 g/mol. The number of anilines is 1. The summed E-state index contributed by atoms with van der Waals surface area (Å²) in [6.07, 6.45) is 3.40. The molecule has 0 radical (unpaired) electrons. The molecule has 4 rings (SSSR count). The fraction of sp³-hybridized carbons (Fsp3) is 0.438. The summed E-state index contributed by atoms with van der Waals surface area (Å²) in [5.41, 5.74) is 9.31. The number of nitrogens with one attached hydrogen (secondary N) is 3. The first kappa shape index (κ1) is 34.9. The molecule has 4 aromatic rings. The van der Waals surface area contributed by atoms with Crippen LogP contribution in [-0.4, -0.2) is 23.1 Å². The van der Waals surface area contributed by atoms with Crippen molar-refractivity contribution in [3.8, 4) is 0 Å². The highest BCUT2D eigenvalue weighted by Crippen LogP contribution is 2.28. The number of hydrogen-bond acceptors (Lipinski definition) is 4. The summed E-state index contributed by atoms with van der Waals surface area (Å²) in [4.78, 5) is 29.9. The largest absolute Gasteiger partial charge is 0.384 e. The van der Waals surface area contributed by atoms with Gasteiger partial charge in [0.05, 0.1) is 11.2 Å². The van der Waals surface area contributed by atoms with E-state index in [0.29, 0.717) is 21.9 Å². The van der Waals surface area contributed by atoms with Crippen molar-refractivity contribution >= 4 is 66.6 Å². The second-order valence-electron chi connectivity index (χ2n) is 10.8. The third kappa shape index (κ3) is 10.2. The van der Waals surface area contributed by atoms with E-state index in [1.165, 1.54) is 0 Å². The molecular formula is C32H43BrCl2N4O2. The van der Waals surface area contributed by atoms with Crippen LogP contribution in [0.4, 0.5) is 5.69 Å². The molecule has 0 aliphatic carbocycles. The molecule has 224 valence electrons. The van der Waals surface area contributed by atoms with Gasteiger partial charge >= 0.3 is 0 Å². The number of nitrogens with two attached hydrogens (primary N) is 1. The van der Waals surface area contributed by atoms with E-state index in [4.69, 9.17) is 28.9 Å². The maximum Gasteiger partial charge on any atom is 0.253 e. The van der Waals surface area contributed by atoms with Crippen molar-refractivity contribution < 1.29 is 0 Å². The Morgan fingerprint density at radius 1 is 0.805 bits per heavy atom. The van der Waals surface area contributed by atoms with Crippen molar-refractivity contribution in [2.75, 3.05) is 18.4 Å². The quantitative estimate of drug-likeness (QED) is 0.151. The molecule has 0 fully saturated rings.